The highest BCUT2D eigenvalue weighted by atomic mass is 32.2. The van der Waals surface area contributed by atoms with Crippen LogP contribution in [0.15, 0.2) is 60.0 Å². The summed E-state index contributed by atoms with van der Waals surface area (Å²) < 4.78 is 39.5. The molecule has 29 heavy (non-hydrogen) atoms. The predicted octanol–water partition coefficient (Wildman–Crippen LogP) is 1.65. The number of carbonyl (C=O) groups is 2. The summed E-state index contributed by atoms with van der Waals surface area (Å²) in [6.45, 7) is 0.193. The van der Waals surface area contributed by atoms with E-state index < -0.39 is 21.7 Å². The maximum Gasteiger partial charge on any atom is 0.254 e. The van der Waals surface area contributed by atoms with E-state index in [1.807, 2.05) is 6.07 Å². The van der Waals surface area contributed by atoms with E-state index in [2.05, 4.69) is 15.4 Å². The van der Waals surface area contributed by atoms with Gasteiger partial charge in [0.15, 0.2) is 0 Å². The lowest BCUT2D eigenvalue weighted by molar-refractivity contribution is -0.120. The first-order valence-electron chi connectivity index (χ1n) is 8.89. The Morgan fingerprint density at radius 3 is 2.28 bits per heavy atom. The van der Waals surface area contributed by atoms with Crippen molar-refractivity contribution in [1.29, 1.82) is 0 Å². The summed E-state index contributed by atoms with van der Waals surface area (Å²) in [6, 6.07) is 14.5. The Bertz CT molecular complexity index is 963. The highest BCUT2D eigenvalue weighted by molar-refractivity contribution is 7.92. The molecule has 0 atom stereocenters. The molecule has 0 fully saturated rings. The van der Waals surface area contributed by atoms with Gasteiger partial charge in [0.2, 0.25) is 15.9 Å². The standard InChI is InChI=1S/C20H22FN3O4S/c21-18-9-5-4-8-17(18)20(26)23-14-13-22-19(25)10-12-24-29(27,28)15-11-16-6-2-1-3-7-16/h1-9,11,15,24H,10,12-14H2,(H,22,25)(H,23,26). The first-order chi connectivity index (χ1) is 13.9. The van der Waals surface area contributed by atoms with E-state index in [4.69, 9.17) is 0 Å². The van der Waals surface area contributed by atoms with Crippen molar-refractivity contribution < 1.29 is 22.4 Å². The molecule has 0 unspecified atom stereocenters. The molecule has 3 N–H and O–H groups in total. The number of benzene rings is 2. The fraction of sp³-hybridized carbons (Fsp3) is 0.200. The summed E-state index contributed by atoms with van der Waals surface area (Å²) in [5.74, 6) is -1.57. The molecule has 154 valence electrons. The highest BCUT2D eigenvalue weighted by Gasteiger charge is 2.10. The molecule has 0 spiro atoms. The average molecular weight is 419 g/mol. The molecule has 0 radical (unpaired) electrons. The van der Waals surface area contributed by atoms with Crippen molar-refractivity contribution in [1.82, 2.24) is 15.4 Å². The summed E-state index contributed by atoms with van der Waals surface area (Å²) in [6.07, 6.45) is 1.40. The second kappa shape index (κ2) is 11.1. The molecule has 9 heteroatoms. The van der Waals surface area contributed by atoms with E-state index in [0.717, 1.165) is 11.0 Å². The van der Waals surface area contributed by atoms with Crippen LogP contribution in [0.25, 0.3) is 6.08 Å². The molecule has 2 aromatic rings. The monoisotopic (exact) mass is 419 g/mol. The molecular weight excluding hydrogens is 397 g/mol. The molecule has 0 heterocycles. The van der Waals surface area contributed by atoms with Gasteiger partial charge in [-0.05, 0) is 23.8 Å². The van der Waals surface area contributed by atoms with Crippen LogP contribution in [0.5, 0.6) is 0 Å². The molecule has 0 saturated heterocycles. The first kappa shape index (κ1) is 22.3. The zero-order valence-corrected chi connectivity index (χ0v) is 16.4. The third kappa shape index (κ3) is 8.24. The fourth-order valence-corrected chi connectivity index (χ4v) is 3.11. The van der Waals surface area contributed by atoms with Gasteiger partial charge in [0.05, 0.1) is 5.56 Å². The van der Waals surface area contributed by atoms with Gasteiger partial charge in [0, 0.05) is 31.5 Å². The maximum absolute atomic E-state index is 13.5. The van der Waals surface area contributed by atoms with Crippen molar-refractivity contribution in [2.24, 2.45) is 0 Å². The van der Waals surface area contributed by atoms with Gasteiger partial charge in [-0.1, -0.05) is 42.5 Å². The number of carbonyl (C=O) groups excluding carboxylic acids is 2. The van der Waals surface area contributed by atoms with E-state index in [9.17, 15) is 22.4 Å². The molecule has 2 aromatic carbocycles. The topological polar surface area (TPSA) is 104 Å². The van der Waals surface area contributed by atoms with Crippen LogP contribution in [0.1, 0.15) is 22.3 Å². The SMILES string of the molecule is O=C(CCNS(=O)(=O)C=Cc1ccccc1)NCCNC(=O)c1ccccc1F. The third-order valence-corrected chi connectivity index (χ3v) is 4.85. The Labute approximate surface area is 169 Å². The van der Waals surface area contributed by atoms with Gasteiger partial charge in [-0.3, -0.25) is 9.59 Å². The van der Waals surface area contributed by atoms with Gasteiger partial charge < -0.3 is 10.6 Å². The molecule has 0 aromatic heterocycles. The third-order valence-electron chi connectivity index (χ3n) is 3.75. The van der Waals surface area contributed by atoms with Gasteiger partial charge in [0.25, 0.3) is 5.91 Å². The number of halogens is 1. The van der Waals surface area contributed by atoms with E-state index in [1.165, 1.54) is 24.3 Å². The van der Waals surface area contributed by atoms with Gasteiger partial charge in [0.1, 0.15) is 5.82 Å². The Morgan fingerprint density at radius 1 is 0.897 bits per heavy atom. The predicted molar refractivity (Wildman–Crippen MR) is 109 cm³/mol. The Morgan fingerprint density at radius 2 is 1.55 bits per heavy atom. The average Bonchev–Trinajstić information content (AvgIpc) is 2.70. The van der Waals surface area contributed by atoms with Crippen LogP contribution in [0, 0.1) is 5.82 Å². The molecule has 2 amide bonds. The molecule has 2 rings (SSSR count). The Kier molecular flexibility index (Phi) is 8.50. The van der Waals surface area contributed by atoms with Crippen molar-refractivity contribution >= 4 is 27.9 Å². The molecule has 0 aliphatic carbocycles. The van der Waals surface area contributed by atoms with E-state index in [-0.39, 0.29) is 37.5 Å². The lowest BCUT2D eigenvalue weighted by Crippen LogP contribution is -2.36. The summed E-state index contributed by atoms with van der Waals surface area (Å²) in [4.78, 5) is 23.6. The van der Waals surface area contributed by atoms with Gasteiger partial charge >= 0.3 is 0 Å². The van der Waals surface area contributed by atoms with Crippen molar-refractivity contribution in [3.63, 3.8) is 0 Å². The second-order valence-corrected chi connectivity index (χ2v) is 7.64. The molecule has 0 saturated carbocycles. The van der Waals surface area contributed by atoms with Crippen LogP contribution in [0.3, 0.4) is 0 Å². The molecule has 0 bridgehead atoms. The fourth-order valence-electron chi connectivity index (χ4n) is 2.29. The molecule has 0 aliphatic rings. The number of rotatable bonds is 10. The summed E-state index contributed by atoms with van der Waals surface area (Å²) >= 11 is 0. The van der Waals surface area contributed by atoms with Crippen LogP contribution in [-0.2, 0) is 14.8 Å². The Balaban J connectivity index is 1.64. The number of nitrogens with one attached hydrogen (secondary N) is 3. The smallest absolute Gasteiger partial charge is 0.254 e. The van der Waals surface area contributed by atoms with Gasteiger partial charge in [-0.15, -0.1) is 0 Å². The summed E-state index contributed by atoms with van der Waals surface area (Å²) in [5.41, 5.74) is 0.671. The zero-order valence-electron chi connectivity index (χ0n) is 15.6. The van der Waals surface area contributed by atoms with Gasteiger partial charge in [-0.2, -0.15) is 0 Å². The highest BCUT2D eigenvalue weighted by Crippen LogP contribution is 2.05. The van der Waals surface area contributed by atoms with Crippen molar-refractivity contribution in [2.75, 3.05) is 19.6 Å². The minimum Gasteiger partial charge on any atom is -0.354 e. The number of amides is 2. The maximum atomic E-state index is 13.5. The van der Waals surface area contributed by atoms with E-state index in [1.54, 1.807) is 30.3 Å². The van der Waals surface area contributed by atoms with Crippen LogP contribution >= 0.6 is 0 Å². The lowest BCUT2D eigenvalue weighted by Gasteiger charge is -2.08. The summed E-state index contributed by atoms with van der Waals surface area (Å²) in [5, 5.41) is 6.08. The van der Waals surface area contributed by atoms with Crippen molar-refractivity contribution in [3.05, 3.63) is 76.9 Å². The largest absolute Gasteiger partial charge is 0.354 e. The quantitative estimate of drug-likeness (QED) is 0.510. The van der Waals surface area contributed by atoms with Crippen LogP contribution in [-0.4, -0.2) is 39.9 Å². The van der Waals surface area contributed by atoms with Crippen LogP contribution in [0.4, 0.5) is 4.39 Å². The van der Waals surface area contributed by atoms with Crippen LogP contribution < -0.4 is 15.4 Å². The number of sulfonamides is 1. The number of hydrogen-bond donors (Lipinski definition) is 3. The van der Waals surface area contributed by atoms with Crippen molar-refractivity contribution in [2.45, 2.75) is 6.42 Å². The van der Waals surface area contributed by atoms with Gasteiger partial charge in [-0.25, -0.2) is 17.5 Å². The first-order valence-corrected chi connectivity index (χ1v) is 10.4. The van der Waals surface area contributed by atoms with Crippen molar-refractivity contribution in [3.8, 4) is 0 Å². The minimum atomic E-state index is -3.65. The number of hydrogen-bond acceptors (Lipinski definition) is 4. The van der Waals surface area contributed by atoms with Crippen LogP contribution in [0.2, 0.25) is 0 Å². The van der Waals surface area contributed by atoms with E-state index in [0.29, 0.717) is 0 Å². The Hall–Kier alpha value is -3.04. The normalized spacial score (nSPS) is 11.3. The summed E-state index contributed by atoms with van der Waals surface area (Å²) in [7, 11) is -3.65. The molecule has 7 nitrogen and oxygen atoms in total. The van der Waals surface area contributed by atoms with E-state index >= 15 is 0 Å². The minimum absolute atomic E-state index is 0.0559. The lowest BCUT2D eigenvalue weighted by atomic mass is 10.2. The molecular formula is C20H22FN3O4S. The molecule has 0 aliphatic heterocycles. The second-order valence-electron chi connectivity index (χ2n) is 5.99. The zero-order chi connectivity index (χ0) is 21.1.